The molecule has 1 aliphatic heterocycles. The third-order valence-electron chi connectivity index (χ3n) is 6.01. The number of likely N-dealkylation sites (tertiary alicyclic amines) is 1. The van der Waals surface area contributed by atoms with E-state index >= 15 is 0 Å². The molecule has 1 saturated carbocycles. The van der Waals surface area contributed by atoms with E-state index in [0.717, 1.165) is 37.0 Å². The average molecular weight is 415 g/mol. The molecule has 1 aliphatic carbocycles. The van der Waals surface area contributed by atoms with E-state index < -0.39 is 24.5 Å². The van der Waals surface area contributed by atoms with E-state index in [1.54, 1.807) is 0 Å². The summed E-state index contributed by atoms with van der Waals surface area (Å²) in [7, 11) is 0. The molecule has 2 aliphatic rings. The van der Waals surface area contributed by atoms with Crippen LogP contribution < -0.4 is 5.32 Å². The Morgan fingerprint density at radius 3 is 2.27 bits per heavy atom. The molecule has 1 aromatic carbocycles. The summed E-state index contributed by atoms with van der Waals surface area (Å²) < 4.78 is 5.08. The Balaban J connectivity index is 1.49. The van der Waals surface area contributed by atoms with Gasteiger partial charge in [-0.3, -0.25) is 19.3 Å². The molecule has 1 heterocycles. The summed E-state index contributed by atoms with van der Waals surface area (Å²) >= 11 is 0. The molecular weight excluding hydrogens is 384 g/mol. The van der Waals surface area contributed by atoms with Gasteiger partial charge in [-0.15, -0.1) is 0 Å². The molecule has 0 spiro atoms. The van der Waals surface area contributed by atoms with E-state index in [2.05, 4.69) is 12.2 Å². The molecule has 7 heteroatoms. The fourth-order valence-corrected chi connectivity index (χ4v) is 4.27. The monoisotopic (exact) mass is 414 g/mol. The third kappa shape index (κ3) is 4.89. The number of benzene rings is 1. The highest BCUT2D eigenvalue weighted by Gasteiger charge is 2.51. The Morgan fingerprint density at radius 2 is 1.70 bits per heavy atom. The largest absolute Gasteiger partial charge is 0.454 e. The van der Waals surface area contributed by atoms with Crippen molar-refractivity contribution in [2.75, 3.05) is 11.9 Å². The van der Waals surface area contributed by atoms with E-state index in [-0.39, 0.29) is 23.7 Å². The molecule has 7 nitrogen and oxygen atoms in total. The number of anilines is 1. The molecule has 3 atom stereocenters. The van der Waals surface area contributed by atoms with Crippen molar-refractivity contribution < 1.29 is 23.9 Å². The van der Waals surface area contributed by atoms with Crippen LogP contribution in [0.2, 0.25) is 0 Å². The third-order valence-corrected chi connectivity index (χ3v) is 6.01. The van der Waals surface area contributed by atoms with Crippen molar-refractivity contribution in [3.63, 3.8) is 0 Å². The molecule has 0 aromatic heterocycles. The smallest absolute Gasteiger partial charge is 0.329 e. The minimum Gasteiger partial charge on any atom is -0.454 e. The van der Waals surface area contributed by atoms with Gasteiger partial charge in [0, 0.05) is 5.69 Å². The van der Waals surface area contributed by atoms with Crippen LogP contribution >= 0.6 is 0 Å². The zero-order valence-corrected chi connectivity index (χ0v) is 17.7. The molecule has 30 heavy (non-hydrogen) atoms. The number of nitrogens with zero attached hydrogens (tertiary/aromatic N) is 1. The van der Waals surface area contributed by atoms with E-state index in [9.17, 15) is 19.2 Å². The first-order valence-corrected chi connectivity index (χ1v) is 10.8. The zero-order valence-electron chi connectivity index (χ0n) is 17.7. The second-order valence-corrected chi connectivity index (χ2v) is 8.18. The second kappa shape index (κ2) is 9.87. The van der Waals surface area contributed by atoms with Crippen molar-refractivity contribution >= 4 is 29.4 Å². The van der Waals surface area contributed by atoms with Crippen LogP contribution in [0.5, 0.6) is 0 Å². The van der Waals surface area contributed by atoms with Gasteiger partial charge in [0.2, 0.25) is 11.8 Å². The highest BCUT2D eigenvalue weighted by atomic mass is 16.5. The lowest BCUT2D eigenvalue weighted by atomic mass is 9.81. The van der Waals surface area contributed by atoms with Gasteiger partial charge in [0.25, 0.3) is 5.91 Å². The molecule has 0 radical (unpaired) electrons. The Labute approximate surface area is 177 Å². The maximum atomic E-state index is 12.6. The standard InChI is InChI=1S/C23H30N2O5/c1-3-4-7-16-10-12-17(13-11-16)24-20(26)14-30-23(29)15(2)25-21(27)18-8-5-6-9-19(18)22(25)28/h10-13,15,18-19H,3-9,14H2,1-2H3,(H,24,26)/t15-,18-,19-/m0/s1. The number of carbonyl (C=O) groups is 4. The summed E-state index contributed by atoms with van der Waals surface area (Å²) in [4.78, 5) is 50.7. The van der Waals surface area contributed by atoms with Crippen molar-refractivity contribution in [2.24, 2.45) is 11.8 Å². The van der Waals surface area contributed by atoms with Crippen LogP contribution in [0.1, 0.15) is 57.9 Å². The molecule has 1 saturated heterocycles. The Morgan fingerprint density at radius 1 is 1.10 bits per heavy atom. The number of rotatable bonds is 8. The SMILES string of the molecule is CCCCc1ccc(NC(=O)COC(=O)[C@H](C)N2C(=O)[C@H]3CCCC[C@@H]3C2=O)cc1. The van der Waals surface area contributed by atoms with Crippen LogP contribution in [-0.4, -0.2) is 41.2 Å². The van der Waals surface area contributed by atoms with Crippen LogP contribution in [0.4, 0.5) is 5.69 Å². The molecule has 0 bridgehead atoms. The number of nitrogens with one attached hydrogen (secondary N) is 1. The molecule has 162 valence electrons. The van der Waals surface area contributed by atoms with Crippen molar-refractivity contribution in [1.82, 2.24) is 4.90 Å². The highest BCUT2D eigenvalue weighted by molar-refractivity contribution is 6.08. The number of ether oxygens (including phenoxy) is 1. The normalized spacial score (nSPS) is 21.9. The number of esters is 1. The fraction of sp³-hybridized carbons (Fsp3) is 0.565. The lowest BCUT2D eigenvalue weighted by Crippen LogP contribution is -2.45. The van der Waals surface area contributed by atoms with Crippen LogP contribution in [0.3, 0.4) is 0 Å². The zero-order chi connectivity index (χ0) is 21.7. The Hall–Kier alpha value is -2.70. The van der Waals surface area contributed by atoms with Gasteiger partial charge in [-0.05, 0) is 50.3 Å². The van der Waals surface area contributed by atoms with Crippen LogP contribution in [0.15, 0.2) is 24.3 Å². The van der Waals surface area contributed by atoms with Gasteiger partial charge < -0.3 is 10.1 Å². The summed E-state index contributed by atoms with van der Waals surface area (Å²) in [5.41, 5.74) is 1.83. The van der Waals surface area contributed by atoms with Gasteiger partial charge >= 0.3 is 5.97 Å². The Kier molecular flexibility index (Phi) is 7.24. The minimum atomic E-state index is -1.03. The molecule has 3 amide bonds. The highest BCUT2D eigenvalue weighted by Crippen LogP contribution is 2.38. The van der Waals surface area contributed by atoms with Gasteiger partial charge in [-0.25, -0.2) is 4.79 Å². The fourth-order valence-electron chi connectivity index (χ4n) is 4.27. The number of amides is 3. The number of hydrogen-bond donors (Lipinski definition) is 1. The number of unbranched alkanes of at least 4 members (excludes halogenated alkanes) is 1. The summed E-state index contributed by atoms with van der Waals surface area (Å²) in [6.45, 7) is 3.14. The first-order chi connectivity index (χ1) is 14.4. The van der Waals surface area contributed by atoms with E-state index in [1.165, 1.54) is 12.5 Å². The van der Waals surface area contributed by atoms with Crippen molar-refractivity contribution in [2.45, 2.75) is 64.8 Å². The quantitative estimate of drug-likeness (QED) is 0.521. The van der Waals surface area contributed by atoms with E-state index in [1.807, 2.05) is 24.3 Å². The predicted octanol–water partition coefficient (Wildman–Crippen LogP) is 3.07. The van der Waals surface area contributed by atoms with Crippen LogP contribution in [-0.2, 0) is 30.3 Å². The average Bonchev–Trinajstić information content (AvgIpc) is 3.01. The molecular formula is C23H30N2O5. The first kappa shape index (κ1) is 22.0. The lowest BCUT2D eigenvalue weighted by molar-refractivity contribution is -0.159. The maximum Gasteiger partial charge on any atom is 0.329 e. The van der Waals surface area contributed by atoms with Gasteiger partial charge in [0.15, 0.2) is 6.61 Å². The summed E-state index contributed by atoms with van der Waals surface area (Å²) in [6.07, 6.45) is 6.46. The first-order valence-electron chi connectivity index (χ1n) is 10.8. The topological polar surface area (TPSA) is 92.8 Å². The van der Waals surface area contributed by atoms with Gasteiger partial charge in [-0.1, -0.05) is 38.3 Å². The molecule has 1 N–H and O–H groups in total. The molecule has 2 fully saturated rings. The number of aryl methyl sites for hydroxylation is 1. The van der Waals surface area contributed by atoms with Crippen molar-refractivity contribution in [3.05, 3.63) is 29.8 Å². The van der Waals surface area contributed by atoms with E-state index in [0.29, 0.717) is 18.5 Å². The van der Waals surface area contributed by atoms with Gasteiger partial charge in [0.05, 0.1) is 11.8 Å². The lowest BCUT2D eigenvalue weighted by Gasteiger charge is -2.21. The number of imide groups is 1. The Bertz CT molecular complexity index is 780. The van der Waals surface area contributed by atoms with Gasteiger partial charge in [0.1, 0.15) is 6.04 Å². The minimum absolute atomic E-state index is 0.290. The van der Waals surface area contributed by atoms with E-state index in [4.69, 9.17) is 4.74 Å². The molecule has 1 aromatic rings. The molecule has 0 unspecified atom stereocenters. The number of fused-ring (bicyclic) bond motifs is 1. The van der Waals surface area contributed by atoms with Crippen LogP contribution in [0.25, 0.3) is 0 Å². The van der Waals surface area contributed by atoms with Crippen LogP contribution in [0, 0.1) is 11.8 Å². The molecule has 3 rings (SSSR count). The number of hydrogen-bond acceptors (Lipinski definition) is 5. The summed E-state index contributed by atoms with van der Waals surface area (Å²) in [6, 6.07) is 6.53. The number of carbonyl (C=O) groups excluding carboxylic acids is 4. The van der Waals surface area contributed by atoms with Crippen molar-refractivity contribution in [3.8, 4) is 0 Å². The summed E-state index contributed by atoms with van der Waals surface area (Å²) in [5, 5.41) is 2.68. The second-order valence-electron chi connectivity index (χ2n) is 8.18. The maximum absolute atomic E-state index is 12.6. The summed E-state index contributed by atoms with van der Waals surface area (Å²) in [5.74, 6) is -2.43. The predicted molar refractivity (Wildman–Crippen MR) is 111 cm³/mol. The van der Waals surface area contributed by atoms with Crippen molar-refractivity contribution in [1.29, 1.82) is 0 Å². The van der Waals surface area contributed by atoms with Gasteiger partial charge in [-0.2, -0.15) is 0 Å².